The van der Waals surface area contributed by atoms with Gasteiger partial charge in [-0.15, -0.1) is 0 Å². The third-order valence-electron chi connectivity index (χ3n) is 4.40. The molecule has 1 unspecified atom stereocenters. The third-order valence-corrected chi connectivity index (χ3v) is 4.40. The molecule has 0 saturated carbocycles. The molecular formula is C18H22N4O4. The third kappa shape index (κ3) is 4.59. The van der Waals surface area contributed by atoms with Crippen molar-refractivity contribution in [1.29, 1.82) is 0 Å². The van der Waals surface area contributed by atoms with Crippen LogP contribution in [0.4, 0.5) is 0 Å². The average molecular weight is 358 g/mol. The Kier molecular flexibility index (Phi) is 5.50. The van der Waals surface area contributed by atoms with E-state index in [0.717, 1.165) is 18.4 Å². The van der Waals surface area contributed by atoms with Gasteiger partial charge in [-0.25, -0.2) is 4.98 Å². The minimum absolute atomic E-state index is 0.0288. The van der Waals surface area contributed by atoms with E-state index in [4.69, 9.17) is 4.42 Å². The quantitative estimate of drug-likeness (QED) is 0.848. The second-order valence-electron chi connectivity index (χ2n) is 6.51. The molecule has 26 heavy (non-hydrogen) atoms. The van der Waals surface area contributed by atoms with E-state index in [1.54, 1.807) is 30.4 Å². The van der Waals surface area contributed by atoms with E-state index in [9.17, 15) is 14.4 Å². The highest BCUT2D eigenvalue weighted by molar-refractivity contribution is 5.92. The maximum absolute atomic E-state index is 12.6. The lowest BCUT2D eigenvalue weighted by Gasteiger charge is -2.20. The minimum Gasteiger partial charge on any atom is -0.472 e. The number of aryl methyl sites for hydroxylation is 1. The van der Waals surface area contributed by atoms with Crippen molar-refractivity contribution in [2.24, 2.45) is 0 Å². The first-order valence-corrected chi connectivity index (χ1v) is 8.69. The van der Waals surface area contributed by atoms with Gasteiger partial charge in [0.15, 0.2) is 0 Å². The summed E-state index contributed by atoms with van der Waals surface area (Å²) < 4.78 is 4.97. The Labute approximate surface area is 150 Å². The molecule has 1 atom stereocenters. The molecule has 1 fully saturated rings. The fourth-order valence-corrected chi connectivity index (χ4v) is 3.15. The molecule has 3 heterocycles. The highest BCUT2D eigenvalue weighted by atomic mass is 16.3. The van der Waals surface area contributed by atoms with Gasteiger partial charge in [-0.1, -0.05) is 0 Å². The predicted molar refractivity (Wildman–Crippen MR) is 93.7 cm³/mol. The molecule has 2 amide bonds. The highest BCUT2D eigenvalue weighted by Gasteiger charge is 2.23. The Morgan fingerprint density at radius 1 is 1.38 bits per heavy atom. The smallest absolute Gasteiger partial charge is 0.272 e. The lowest BCUT2D eigenvalue weighted by molar-refractivity contribution is -0.121. The molecule has 2 N–H and O–H groups in total. The van der Waals surface area contributed by atoms with Gasteiger partial charge in [0.25, 0.3) is 11.5 Å². The number of aromatic amines is 1. The van der Waals surface area contributed by atoms with Crippen LogP contribution in [-0.2, 0) is 11.2 Å². The van der Waals surface area contributed by atoms with Crippen LogP contribution in [0.1, 0.15) is 41.1 Å². The molecule has 3 rings (SSSR count). The van der Waals surface area contributed by atoms with E-state index in [1.807, 2.05) is 0 Å². The van der Waals surface area contributed by atoms with Gasteiger partial charge in [-0.2, -0.15) is 0 Å². The SMILES string of the molecule is Cc1nc(C(=O)N2CCCC(NC(=O)Cc3ccoc3)CC2)cc(=O)[nH]1. The summed E-state index contributed by atoms with van der Waals surface area (Å²) in [5.41, 5.74) is 0.664. The van der Waals surface area contributed by atoms with Gasteiger partial charge in [-0.05, 0) is 37.8 Å². The van der Waals surface area contributed by atoms with Crippen molar-refractivity contribution in [2.45, 2.75) is 38.6 Å². The number of amides is 2. The second-order valence-corrected chi connectivity index (χ2v) is 6.51. The molecule has 1 aliphatic rings. The van der Waals surface area contributed by atoms with E-state index >= 15 is 0 Å². The van der Waals surface area contributed by atoms with Crippen LogP contribution in [-0.4, -0.2) is 45.8 Å². The first kappa shape index (κ1) is 17.9. The number of furan rings is 1. The first-order chi connectivity index (χ1) is 12.5. The maximum Gasteiger partial charge on any atom is 0.272 e. The van der Waals surface area contributed by atoms with Crippen molar-refractivity contribution >= 4 is 11.8 Å². The summed E-state index contributed by atoms with van der Waals surface area (Å²) in [5.74, 6) is 0.118. The van der Waals surface area contributed by atoms with Crippen LogP contribution in [0.3, 0.4) is 0 Å². The van der Waals surface area contributed by atoms with Gasteiger partial charge >= 0.3 is 0 Å². The normalized spacial score (nSPS) is 17.6. The van der Waals surface area contributed by atoms with E-state index in [-0.39, 0.29) is 35.5 Å². The summed E-state index contributed by atoms with van der Waals surface area (Å²) in [5, 5.41) is 3.03. The summed E-state index contributed by atoms with van der Waals surface area (Å²) in [4.78, 5) is 44.6. The van der Waals surface area contributed by atoms with Gasteiger partial charge < -0.3 is 19.6 Å². The fraction of sp³-hybridized carbons (Fsp3) is 0.444. The van der Waals surface area contributed by atoms with Gasteiger partial charge in [0.1, 0.15) is 11.5 Å². The van der Waals surface area contributed by atoms with Crippen LogP contribution in [0.15, 0.2) is 33.9 Å². The van der Waals surface area contributed by atoms with Crippen molar-refractivity contribution < 1.29 is 14.0 Å². The summed E-state index contributed by atoms with van der Waals surface area (Å²) >= 11 is 0. The Morgan fingerprint density at radius 3 is 2.96 bits per heavy atom. The molecule has 2 aromatic rings. The van der Waals surface area contributed by atoms with E-state index in [2.05, 4.69) is 15.3 Å². The van der Waals surface area contributed by atoms with Crippen LogP contribution in [0, 0.1) is 6.92 Å². The average Bonchev–Trinajstić information content (AvgIpc) is 2.98. The molecule has 0 bridgehead atoms. The Morgan fingerprint density at radius 2 is 2.23 bits per heavy atom. The number of carbonyl (C=O) groups excluding carboxylic acids is 2. The maximum atomic E-state index is 12.6. The number of nitrogens with one attached hydrogen (secondary N) is 2. The van der Waals surface area contributed by atoms with Crippen LogP contribution in [0.2, 0.25) is 0 Å². The van der Waals surface area contributed by atoms with Gasteiger partial charge in [0.2, 0.25) is 5.91 Å². The highest BCUT2D eigenvalue weighted by Crippen LogP contribution is 2.14. The number of nitrogens with zero attached hydrogens (tertiary/aromatic N) is 2. The number of hydrogen-bond acceptors (Lipinski definition) is 5. The molecule has 8 nitrogen and oxygen atoms in total. The molecule has 0 radical (unpaired) electrons. The van der Waals surface area contributed by atoms with Crippen LogP contribution in [0.25, 0.3) is 0 Å². The van der Waals surface area contributed by atoms with Crippen LogP contribution in [0.5, 0.6) is 0 Å². The zero-order valence-corrected chi connectivity index (χ0v) is 14.7. The van der Waals surface area contributed by atoms with Gasteiger partial charge in [0.05, 0.1) is 18.9 Å². The Hall–Kier alpha value is -2.90. The zero-order chi connectivity index (χ0) is 18.5. The zero-order valence-electron chi connectivity index (χ0n) is 14.7. The number of carbonyl (C=O) groups is 2. The number of aromatic nitrogens is 2. The van der Waals surface area contributed by atoms with E-state index < -0.39 is 0 Å². The van der Waals surface area contributed by atoms with Crippen molar-refractivity contribution in [1.82, 2.24) is 20.2 Å². The van der Waals surface area contributed by atoms with Crippen molar-refractivity contribution in [3.63, 3.8) is 0 Å². The molecule has 1 saturated heterocycles. The van der Waals surface area contributed by atoms with Crippen LogP contribution < -0.4 is 10.9 Å². The van der Waals surface area contributed by atoms with Crippen molar-refractivity contribution in [3.8, 4) is 0 Å². The monoisotopic (exact) mass is 358 g/mol. The molecule has 2 aromatic heterocycles. The summed E-state index contributed by atoms with van der Waals surface area (Å²) in [6.07, 6.45) is 5.65. The lowest BCUT2D eigenvalue weighted by Crippen LogP contribution is -2.37. The minimum atomic E-state index is -0.333. The first-order valence-electron chi connectivity index (χ1n) is 8.69. The number of H-pyrrole nitrogens is 1. The summed E-state index contributed by atoms with van der Waals surface area (Å²) in [6, 6.07) is 3.02. The molecule has 0 aliphatic carbocycles. The van der Waals surface area contributed by atoms with Crippen molar-refractivity contribution in [3.05, 3.63) is 52.1 Å². The molecule has 0 aromatic carbocycles. The summed E-state index contributed by atoms with van der Waals surface area (Å²) in [7, 11) is 0. The van der Waals surface area contributed by atoms with E-state index in [0.29, 0.717) is 25.3 Å². The topological polar surface area (TPSA) is 108 Å². The Bertz CT molecular complexity index is 828. The predicted octanol–water partition coefficient (Wildman–Crippen LogP) is 1.02. The molecule has 138 valence electrons. The summed E-state index contributed by atoms with van der Waals surface area (Å²) in [6.45, 7) is 2.75. The largest absolute Gasteiger partial charge is 0.472 e. The van der Waals surface area contributed by atoms with Gasteiger partial charge in [0, 0.05) is 25.2 Å². The molecule has 8 heteroatoms. The molecule has 0 spiro atoms. The van der Waals surface area contributed by atoms with Gasteiger partial charge in [-0.3, -0.25) is 14.4 Å². The standard InChI is InChI=1S/C18H22N4O4/c1-12-19-15(10-17(24)20-12)18(25)22-6-2-3-14(4-7-22)21-16(23)9-13-5-8-26-11-13/h5,8,10-11,14H,2-4,6-7,9H2,1H3,(H,21,23)(H,19,20,24). The molecular weight excluding hydrogens is 336 g/mol. The molecule has 1 aliphatic heterocycles. The van der Waals surface area contributed by atoms with Crippen LogP contribution >= 0.6 is 0 Å². The number of rotatable bonds is 4. The second kappa shape index (κ2) is 7.99. The lowest BCUT2D eigenvalue weighted by atomic mass is 10.1. The van der Waals surface area contributed by atoms with E-state index in [1.165, 1.54) is 6.07 Å². The Balaban J connectivity index is 1.56. The fourth-order valence-electron chi connectivity index (χ4n) is 3.15. The van der Waals surface area contributed by atoms with Crippen molar-refractivity contribution in [2.75, 3.05) is 13.1 Å². The number of hydrogen-bond donors (Lipinski definition) is 2. The number of likely N-dealkylation sites (tertiary alicyclic amines) is 1.